The number of hydroxylamine groups is 1. The lowest BCUT2D eigenvalue weighted by atomic mass is 10.2. The van der Waals surface area contributed by atoms with Crippen LogP contribution in [-0.2, 0) is 6.54 Å². The zero-order valence-corrected chi connectivity index (χ0v) is 13.7. The average Bonchev–Trinajstić information content (AvgIpc) is 3.08. The molecule has 2 heterocycles. The van der Waals surface area contributed by atoms with Crippen LogP contribution < -0.4 is 15.7 Å². The van der Waals surface area contributed by atoms with Crippen molar-refractivity contribution in [3.63, 3.8) is 0 Å². The van der Waals surface area contributed by atoms with Crippen molar-refractivity contribution < 1.29 is 18.8 Å². The monoisotopic (exact) mass is 361 g/mol. The van der Waals surface area contributed by atoms with E-state index in [1.807, 2.05) is 4.90 Å². The van der Waals surface area contributed by atoms with Crippen LogP contribution in [0.4, 0.5) is 14.7 Å². The van der Waals surface area contributed by atoms with Gasteiger partial charge in [-0.05, 0) is 29.5 Å². The van der Waals surface area contributed by atoms with E-state index < -0.39 is 17.5 Å². The van der Waals surface area contributed by atoms with Crippen molar-refractivity contribution in [1.82, 2.24) is 20.8 Å². The third-order valence-electron chi connectivity index (χ3n) is 4.94. The topological polar surface area (TPSA) is 90.4 Å². The maximum atomic E-state index is 13.2. The summed E-state index contributed by atoms with van der Waals surface area (Å²) < 4.78 is 26.4. The molecule has 1 saturated carbocycles. The third kappa shape index (κ3) is 3.23. The highest BCUT2D eigenvalue weighted by molar-refractivity contribution is 5.92. The molecule has 4 rings (SSSR count). The molecule has 1 aromatic carbocycles. The van der Waals surface area contributed by atoms with Gasteiger partial charge in [-0.2, -0.15) is 0 Å². The van der Waals surface area contributed by atoms with E-state index in [2.05, 4.69) is 15.3 Å². The SMILES string of the molecule is O=C(NO)c1cnc(N2C[C@@H]3C(NCc4cc(F)cc(F)c4)[C@@H]3C2)nc1. The van der Waals surface area contributed by atoms with Gasteiger partial charge in [0.25, 0.3) is 5.91 Å². The van der Waals surface area contributed by atoms with Gasteiger partial charge in [-0.15, -0.1) is 0 Å². The van der Waals surface area contributed by atoms with Gasteiger partial charge in [0.1, 0.15) is 11.6 Å². The maximum absolute atomic E-state index is 13.2. The Bertz CT molecular complexity index is 800. The number of anilines is 1. The Hall–Kier alpha value is -2.65. The van der Waals surface area contributed by atoms with E-state index in [0.29, 0.717) is 35.9 Å². The number of fused-ring (bicyclic) bond motifs is 1. The van der Waals surface area contributed by atoms with E-state index in [1.54, 1.807) is 0 Å². The molecule has 136 valence electrons. The van der Waals surface area contributed by atoms with Gasteiger partial charge >= 0.3 is 0 Å². The minimum Gasteiger partial charge on any atom is -0.340 e. The summed E-state index contributed by atoms with van der Waals surface area (Å²) in [5.41, 5.74) is 2.31. The molecule has 2 fully saturated rings. The number of nitrogens with zero attached hydrogens (tertiary/aromatic N) is 3. The molecule has 7 nitrogen and oxygen atoms in total. The largest absolute Gasteiger partial charge is 0.340 e. The molecule has 0 spiro atoms. The highest BCUT2D eigenvalue weighted by Crippen LogP contribution is 2.46. The molecule has 1 aromatic heterocycles. The number of halogens is 2. The van der Waals surface area contributed by atoms with E-state index in [-0.39, 0.29) is 5.56 Å². The van der Waals surface area contributed by atoms with E-state index in [9.17, 15) is 13.6 Å². The van der Waals surface area contributed by atoms with E-state index in [0.717, 1.165) is 19.2 Å². The van der Waals surface area contributed by atoms with Crippen LogP contribution in [0.3, 0.4) is 0 Å². The lowest BCUT2D eigenvalue weighted by Gasteiger charge is -2.20. The number of piperidine rings is 1. The molecule has 9 heteroatoms. The zero-order valence-electron chi connectivity index (χ0n) is 13.7. The molecular weight excluding hydrogens is 344 g/mol. The predicted molar refractivity (Wildman–Crippen MR) is 87.5 cm³/mol. The van der Waals surface area contributed by atoms with Gasteiger partial charge in [0.15, 0.2) is 0 Å². The molecule has 1 aliphatic carbocycles. The van der Waals surface area contributed by atoms with E-state index in [4.69, 9.17) is 5.21 Å². The van der Waals surface area contributed by atoms with Gasteiger partial charge in [0, 0.05) is 44.1 Å². The highest BCUT2D eigenvalue weighted by atomic mass is 19.1. The first-order chi connectivity index (χ1) is 12.5. The molecule has 1 saturated heterocycles. The van der Waals surface area contributed by atoms with Gasteiger partial charge in [0.05, 0.1) is 5.56 Å². The number of nitrogens with one attached hydrogen (secondary N) is 2. The summed E-state index contributed by atoms with van der Waals surface area (Å²) >= 11 is 0. The van der Waals surface area contributed by atoms with Crippen molar-refractivity contribution in [1.29, 1.82) is 0 Å². The lowest BCUT2D eigenvalue weighted by molar-refractivity contribution is 0.0705. The van der Waals surface area contributed by atoms with E-state index >= 15 is 0 Å². The Morgan fingerprint density at radius 1 is 1.15 bits per heavy atom. The molecule has 3 atom stereocenters. The van der Waals surface area contributed by atoms with Crippen LogP contribution in [0.1, 0.15) is 15.9 Å². The molecule has 1 aliphatic heterocycles. The number of rotatable bonds is 5. The van der Waals surface area contributed by atoms with Crippen LogP contribution in [0.5, 0.6) is 0 Å². The van der Waals surface area contributed by atoms with Crippen molar-refractivity contribution in [3.05, 3.63) is 53.4 Å². The van der Waals surface area contributed by atoms with Crippen molar-refractivity contribution in [2.75, 3.05) is 18.0 Å². The van der Waals surface area contributed by atoms with Crippen LogP contribution in [0.25, 0.3) is 0 Å². The summed E-state index contributed by atoms with van der Waals surface area (Å²) in [5.74, 6) is -0.370. The van der Waals surface area contributed by atoms with E-state index in [1.165, 1.54) is 30.0 Å². The van der Waals surface area contributed by atoms with Crippen LogP contribution in [0, 0.1) is 23.5 Å². The molecule has 1 unspecified atom stereocenters. The Labute approximate surface area is 148 Å². The predicted octanol–water partition coefficient (Wildman–Crippen LogP) is 1.10. The third-order valence-corrected chi connectivity index (χ3v) is 4.94. The summed E-state index contributed by atoms with van der Waals surface area (Å²) in [7, 11) is 0. The molecule has 2 aliphatic rings. The fourth-order valence-corrected chi connectivity index (χ4v) is 3.61. The molecule has 2 aromatic rings. The zero-order chi connectivity index (χ0) is 18.3. The van der Waals surface area contributed by atoms with Gasteiger partial charge in [-0.1, -0.05) is 0 Å². The number of hydrogen-bond donors (Lipinski definition) is 3. The maximum Gasteiger partial charge on any atom is 0.277 e. The lowest BCUT2D eigenvalue weighted by Crippen LogP contribution is -2.32. The number of benzene rings is 1. The molecule has 0 radical (unpaired) electrons. The van der Waals surface area contributed by atoms with Crippen LogP contribution >= 0.6 is 0 Å². The van der Waals surface area contributed by atoms with Crippen molar-refractivity contribution in [3.8, 4) is 0 Å². The van der Waals surface area contributed by atoms with Gasteiger partial charge < -0.3 is 10.2 Å². The van der Waals surface area contributed by atoms with Crippen LogP contribution in [-0.4, -0.2) is 40.2 Å². The Balaban J connectivity index is 1.30. The fourth-order valence-electron chi connectivity index (χ4n) is 3.61. The van der Waals surface area contributed by atoms with Crippen molar-refractivity contribution in [2.24, 2.45) is 11.8 Å². The van der Waals surface area contributed by atoms with Gasteiger partial charge in [-0.25, -0.2) is 24.2 Å². The first-order valence-corrected chi connectivity index (χ1v) is 8.25. The number of carbonyl (C=O) groups is 1. The minimum atomic E-state index is -0.654. The van der Waals surface area contributed by atoms with Crippen molar-refractivity contribution >= 4 is 11.9 Å². The van der Waals surface area contributed by atoms with Crippen molar-refractivity contribution in [2.45, 2.75) is 12.6 Å². The Morgan fingerprint density at radius 3 is 2.35 bits per heavy atom. The summed E-state index contributed by atoms with van der Waals surface area (Å²) in [6.07, 6.45) is 2.73. The number of aromatic nitrogens is 2. The van der Waals surface area contributed by atoms with Crippen LogP contribution in [0.2, 0.25) is 0 Å². The highest BCUT2D eigenvalue weighted by Gasteiger charge is 2.55. The second-order valence-electron chi connectivity index (χ2n) is 6.63. The number of amides is 1. The Kier molecular flexibility index (Phi) is 4.25. The fraction of sp³-hybridized carbons (Fsp3) is 0.353. The summed E-state index contributed by atoms with van der Waals surface area (Å²) in [6, 6.07) is 3.84. The molecule has 1 amide bonds. The quantitative estimate of drug-likeness (QED) is 0.546. The molecule has 0 bridgehead atoms. The second-order valence-corrected chi connectivity index (χ2v) is 6.63. The van der Waals surface area contributed by atoms with Gasteiger partial charge in [0.2, 0.25) is 5.95 Å². The average molecular weight is 361 g/mol. The number of hydrogen-bond acceptors (Lipinski definition) is 6. The molecule has 26 heavy (non-hydrogen) atoms. The summed E-state index contributed by atoms with van der Waals surface area (Å²) in [6.45, 7) is 1.99. The first kappa shape index (κ1) is 16.8. The minimum absolute atomic E-state index is 0.183. The molecular formula is C17H17F2N5O2. The standard InChI is InChI=1S/C17H17F2N5O2/c18-11-1-9(2-12(19)3-11)4-20-15-13-7-24(8-14(13)15)17-21-5-10(6-22-17)16(25)23-26/h1-3,5-6,13-15,20,26H,4,7-8H2,(H,23,25)/t13-,14+,15?. The summed E-state index contributed by atoms with van der Waals surface area (Å²) in [5, 5.41) is 11.9. The van der Waals surface area contributed by atoms with Crippen LogP contribution in [0.15, 0.2) is 30.6 Å². The molecule has 3 N–H and O–H groups in total. The summed E-state index contributed by atoms with van der Waals surface area (Å²) in [4.78, 5) is 21.6. The number of carbonyl (C=O) groups excluding carboxylic acids is 1. The smallest absolute Gasteiger partial charge is 0.277 e. The normalized spacial score (nSPS) is 23.7. The van der Waals surface area contributed by atoms with Gasteiger partial charge in [-0.3, -0.25) is 10.0 Å². The Morgan fingerprint density at radius 2 is 1.77 bits per heavy atom. The second kappa shape index (κ2) is 6.58. The first-order valence-electron chi connectivity index (χ1n) is 8.25.